The monoisotopic (exact) mass is 298 g/mol. The van der Waals surface area contributed by atoms with Crippen LogP contribution in [0, 0.1) is 13.8 Å². The summed E-state index contributed by atoms with van der Waals surface area (Å²) in [5.74, 6) is 1.28. The normalized spacial score (nSPS) is 16.0. The minimum absolute atomic E-state index is 0.212. The Hall–Kier alpha value is -2.17. The van der Waals surface area contributed by atoms with E-state index in [2.05, 4.69) is 21.5 Å². The molecule has 0 aliphatic carbocycles. The van der Waals surface area contributed by atoms with Gasteiger partial charge in [-0.2, -0.15) is 0 Å². The molecule has 22 heavy (non-hydrogen) atoms. The second-order valence-corrected chi connectivity index (χ2v) is 5.96. The molecule has 3 heterocycles. The maximum atomic E-state index is 12.4. The van der Waals surface area contributed by atoms with Crippen LogP contribution in [0.5, 0.6) is 0 Å². The predicted molar refractivity (Wildman–Crippen MR) is 84.5 cm³/mol. The third-order valence-electron chi connectivity index (χ3n) is 4.45. The lowest BCUT2D eigenvalue weighted by Crippen LogP contribution is -2.40. The van der Waals surface area contributed by atoms with Gasteiger partial charge in [-0.05, 0) is 44.4 Å². The van der Waals surface area contributed by atoms with Crippen molar-refractivity contribution < 1.29 is 4.79 Å². The number of piperidine rings is 1. The Labute approximate surface area is 131 Å². The maximum absolute atomic E-state index is 12.4. The molecular formula is C17H22N4O. The minimum atomic E-state index is 0.212. The molecule has 0 atom stereocenters. The number of hydrogen-bond acceptors (Lipinski definition) is 3. The molecule has 0 spiro atoms. The van der Waals surface area contributed by atoms with Crippen LogP contribution in [-0.2, 0) is 11.2 Å². The number of aromatic nitrogens is 3. The fourth-order valence-electron chi connectivity index (χ4n) is 3.28. The van der Waals surface area contributed by atoms with E-state index in [0.717, 1.165) is 37.3 Å². The molecule has 0 N–H and O–H groups in total. The fraction of sp³-hybridized carbons (Fsp3) is 0.471. The van der Waals surface area contributed by atoms with Gasteiger partial charge >= 0.3 is 0 Å². The van der Waals surface area contributed by atoms with Crippen molar-refractivity contribution in [1.82, 2.24) is 19.4 Å². The van der Waals surface area contributed by atoms with Crippen LogP contribution >= 0.6 is 0 Å². The number of carbonyl (C=O) groups excluding carboxylic acids is 1. The quantitative estimate of drug-likeness (QED) is 0.873. The molecule has 0 radical (unpaired) electrons. The van der Waals surface area contributed by atoms with Crippen LogP contribution in [0.1, 0.15) is 36.0 Å². The molecule has 0 aromatic carbocycles. The summed E-state index contributed by atoms with van der Waals surface area (Å²) in [5.41, 5.74) is 2.24. The van der Waals surface area contributed by atoms with Crippen molar-refractivity contribution >= 4 is 5.91 Å². The number of likely N-dealkylation sites (tertiary alicyclic amines) is 1. The van der Waals surface area contributed by atoms with Gasteiger partial charge in [0.1, 0.15) is 5.82 Å². The predicted octanol–water partition coefficient (Wildman–Crippen LogP) is 2.30. The second-order valence-electron chi connectivity index (χ2n) is 5.96. The standard InChI is InChI=1S/C17H22N4O/c1-13-12-19-14(2)21(13)16-5-9-20(10-6-16)17(22)11-15-3-7-18-8-4-15/h3-4,7-8,12,16H,5-6,9-11H2,1-2H3. The van der Waals surface area contributed by atoms with Crippen molar-refractivity contribution in [2.75, 3.05) is 13.1 Å². The smallest absolute Gasteiger partial charge is 0.226 e. The molecule has 1 amide bonds. The zero-order valence-corrected chi connectivity index (χ0v) is 13.2. The summed E-state index contributed by atoms with van der Waals surface area (Å²) in [5, 5.41) is 0. The molecule has 0 saturated carbocycles. The second kappa shape index (κ2) is 6.30. The SMILES string of the molecule is Cc1cnc(C)n1C1CCN(C(=O)Cc2ccncc2)CC1. The molecule has 2 aromatic heterocycles. The Kier molecular flexibility index (Phi) is 4.22. The Morgan fingerprint density at radius 3 is 2.50 bits per heavy atom. The molecule has 5 heteroatoms. The van der Waals surface area contributed by atoms with E-state index < -0.39 is 0 Å². The molecule has 1 fully saturated rings. The third kappa shape index (κ3) is 3.03. The number of aryl methyl sites for hydroxylation is 2. The molecule has 1 aliphatic heterocycles. The van der Waals surface area contributed by atoms with Crippen LogP contribution in [0.2, 0.25) is 0 Å². The van der Waals surface area contributed by atoms with Crippen LogP contribution in [0.4, 0.5) is 0 Å². The van der Waals surface area contributed by atoms with Crippen molar-refractivity contribution in [2.45, 2.75) is 39.2 Å². The zero-order valence-electron chi connectivity index (χ0n) is 13.2. The van der Waals surface area contributed by atoms with E-state index in [1.807, 2.05) is 30.2 Å². The van der Waals surface area contributed by atoms with Crippen LogP contribution in [-0.4, -0.2) is 38.4 Å². The summed E-state index contributed by atoms with van der Waals surface area (Å²) >= 11 is 0. The van der Waals surface area contributed by atoms with Crippen molar-refractivity contribution in [3.8, 4) is 0 Å². The highest BCUT2D eigenvalue weighted by Gasteiger charge is 2.25. The fourth-order valence-corrected chi connectivity index (χ4v) is 3.28. The Balaban J connectivity index is 1.59. The van der Waals surface area contributed by atoms with Crippen LogP contribution < -0.4 is 0 Å². The van der Waals surface area contributed by atoms with Gasteiger partial charge in [-0.15, -0.1) is 0 Å². The largest absolute Gasteiger partial charge is 0.342 e. The molecule has 1 aliphatic rings. The number of hydrogen-bond donors (Lipinski definition) is 0. The average Bonchev–Trinajstić information content (AvgIpc) is 2.87. The number of imidazole rings is 1. The van der Waals surface area contributed by atoms with E-state index in [1.54, 1.807) is 12.4 Å². The highest BCUT2D eigenvalue weighted by Crippen LogP contribution is 2.25. The van der Waals surface area contributed by atoms with Crippen molar-refractivity contribution in [1.29, 1.82) is 0 Å². The van der Waals surface area contributed by atoms with Crippen molar-refractivity contribution in [3.63, 3.8) is 0 Å². The Morgan fingerprint density at radius 1 is 1.23 bits per heavy atom. The van der Waals surface area contributed by atoms with Crippen LogP contribution in [0.15, 0.2) is 30.7 Å². The molecule has 0 unspecified atom stereocenters. The van der Waals surface area contributed by atoms with Gasteiger partial charge in [0.15, 0.2) is 0 Å². The van der Waals surface area contributed by atoms with E-state index >= 15 is 0 Å². The van der Waals surface area contributed by atoms with Gasteiger partial charge in [-0.3, -0.25) is 9.78 Å². The highest BCUT2D eigenvalue weighted by molar-refractivity contribution is 5.78. The van der Waals surface area contributed by atoms with E-state index in [4.69, 9.17) is 0 Å². The lowest BCUT2D eigenvalue weighted by molar-refractivity contribution is -0.131. The van der Waals surface area contributed by atoms with Crippen LogP contribution in [0.25, 0.3) is 0 Å². The molecule has 0 bridgehead atoms. The van der Waals surface area contributed by atoms with E-state index in [-0.39, 0.29) is 5.91 Å². The first-order valence-corrected chi connectivity index (χ1v) is 7.82. The number of amides is 1. The van der Waals surface area contributed by atoms with Crippen molar-refractivity contribution in [2.24, 2.45) is 0 Å². The summed E-state index contributed by atoms with van der Waals surface area (Å²) < 4.78 is 2.31. The molecular weight excluding hydrogens is 276 g/mol. The van der Waals surface area contributed by atoms with Gasteiger partial charge in [0.25, 0.3) is 0 Å². The summed E-state index contributed by atoms with van der Waals surface area (Å²) in [6.07, 6.45) is 7.87. The first kappa shape index (κ1) is 14.8. The van der Waals surface area contributed by atoms with E-state index in [0.29, 0.717) is 12.5 Å². The van der Waals surface area contributed by atoms with Crippen molar-refractivity contribution in [3.05, 3.63) is 47.8 Å². The number of carbonyl (C=O) groups is 1. The summed E-state index contributed by atoms with van der Waals surface area (Å²) in [6.45, 7) is 5.80. The van der Waals surface area contributed by atoms with Gasteiger partial charge in [-0.25, -0.2) is 4.98 Å². The van der Waals surface area contributed by atoms with E-state index in [9.17, 15) is 4.79 Å². The van der Waals surface area contributed by atoms with E-state index in [1.165, 1.54) is 5.69 Å². The summed E-state index contributed by atoms with van der Waals surface area (Å²) in [6, 6.07) is 4.28. The number of pyridine rings is 1. The maximum Gasteiger partial charge on any atom is 0.226 e. The lowest BCUT2D eigenvalue weighted by Gasteiger charge is -2.33. The Bertz CT molecular complexity index is 622. The number of nitrogens with zero attached hydrogens (tertiary/aromatic N) is 4. The Morgan fingerprint density at radius 2 is 1.91 bits per heavy atom. The topological polar surface area (TPSA) is 51.0 Å². The molecule has 3 rings (SSSR count). The average molecular weight is 298 g/mol. The molecule has 116 valence electrons. The first-order chi connectivity index (χ1) is 10.6. The van der Waals surface area contributed by atoms with Gasteiger partial charge in [0.05, 0.1) is 6.42 Å². The van der Waals surface area contributed by atoms with Gasteiger partial charge < -0.3 is 9.47 Å². The molecule has 1 saturated heterocycles. The lowest BCUT2D eigenvalue weighted by atomic mass is 10.0. The first-order valence-electron chi connectivity index (χ1n) is 7.82. The van der Waals surface area contributed by atoms with Gasteiger partial charge in [0.2, 0.25) is 5.91 Å². The van der Waals surface area contributed by atoms with Gasteiger partial charge in [-0.1, -0.05) is 0 Å². The summed E-state index contributed by atoms with van der Waals surface area (Å²) in [7, 11) is 0. The van der Waals surface area contributed by atoms with Gasteiger partial charge in [0, 0.05) is 43.4 Å². The highest BCUT2D eigenvalue weighted by atomic mass is 16.2. The molecule has 2 aromatic rings. The third-order valence-corrected chi connectivity index (χ3v) is 4.45. The van der Waals surface area contributed by atoms with Crippen LogP contribution in [0.3, 0.4) is 0 Å². The zero-order chi connectivity index (χ0) is 15.5. The summed E-state index contributed by atoms with van der Waals surface area (Å²) in [4.78, 5) is 22.7. The minimum Gasteiger partial charge on any atom is -0.342 e. The molecule has 5 nitrogen and oxygen atoms in total. The number of rotatable bonds is 3.